The van der Waals surface area contributed by atoms with Crippen molar-refractivity contribution in [1.29, 1.82) is 0 Å². The van der Waals surface area contributed by atoms with Crippen molar-refractivity contribution in [3.8, 4) is 11.1 Å². The average molecular weight is 568 g/mol. The lowest BCUT2D eigenvalue weighted by molar-refractivity contribution is -0.141. The van der Waals surface area contributed by atoms with Gasteiger partial charge in [-0.2, -0.15) is 0 Å². The zero-order valence-corrected chi connectivity index (χ0v) is 23.7. The number of carbonyl (C=O) groups is 3. The van der Waals surface area contributed by atoms with E-state index in [2.05, 4.69) is 51.9 Å². The minimum absolute atomic E-state index is 0.0748. The van der Waals surface area contributed by atoms with Crippen molar-refractivity contribution in [3.63, 3.8) is 0 Å². The number of hydrogen-bond donors (Lipinski definition) is 3. The number of piperidine rings is 1. The molecule has 0 bridgehead atoms. The third kappa shape index (κ3) is 5.63. The van der Waals surface area contributed by atoms with Crippen molar-refractivity contribution in [2.75, 3.05) is 19.7 Å². The molecular weight excluding hydrogens is 530 g/mol. The molecule has 0 aromatic heterocycles. The lowest BCUT2D eigenvalue weighted by Crippen LogP contribution is -2.67. The number of benzene rings is 3. The van der Waals surface area contributed by atoms with E-state index >= 15 is 0 Å². The van der Waals surface area contributed by atoms with Crippen molar-refractivity contribution in [2.24, 2.45) is 0 Å². The first-order valence-electron chi connectivity index (χ1n) is 14.8. The topological polar surface area (TPSA) is 108 Å². The van der Waals surface area contributed by atoms with Gasteiger partial charge in [0.05, 0.1) is 12.0 Å². The summed E-state index contributed by atoms with van der Waals surface area (Å²) in [7, 11) is 0. The highest BCUT2D eigenvalue weighted by Gasteiger charge is 2.49. The maximum absolute atomic E-state index is 13.7. The Bertz CT molecular complexity index is 1420. The van der Waals surface area contributed by atoms with Crippen LogP contribution in [0.2, 0.25) is 0 Å². The summed E-state index contributed by atoms with van der Waals surface area (Å²) in [5.74, 6) is -1.34. The third-order valence-corrected chi connectivity index (χ3v) is 9.26. The Labute approximate surface area is 246 Å². The molecule has 42 heavy (non-hydrogen) atoms. The molecule has 8 heteroatoms. The molecular formula is C34H37N3O5. The van der Waals surface area contributed by atoms with Gasteiger partial charge in [-0.15, -0.1) is 0 Å². The summed E-state index contributed by atoms with van der Waals surface area (Å²) < 4.78 is 5.74. The number of carboxylic acids is 1. The van der Waals surface area contributed by atoms with E-state index in [0.29, 0.717) is 38.8 Å². The SMILES string of the molecule is O=C(O)CC1(NC(=O)C2(NC(=O)OCC3c4ccccc4-c4ccccc43)CCC2)CCN(Cc2ccccc2)CC1. The van der Waals surface area contributed by atoms with Crippen molar-refractivity contribution in [1.82, 2.24) is 15.5 Å². The van der Waals surface area contributed by atoms with Gasteiger partial charge in [0.2, 0.25) is 5.91 Å². The fourth-order valence-corrected chi connectivity index (χ4v) is 6.75. The molecule has 2 fully saturated rings. The Morgan fingerprint density at radius 3 is 1.98 bits per heavy atom. The van der Waals surface area contributed by atoms with Gasteiger partial charge < -0.3 is 20.5 Å². The van der Waals surface area contributed by atoms with Crippen molar-refractivity contribution >= 4 is 18.0 Å². The highest BCUT2D eigenvalue weighted by atomic mass is 16.5. The molecule has 218 valence electrons. The van der Waals surface area contributed by atoms with Gasteiger partial charge in [0.15, 0.2) is 0 Å². The lowest BCUT2D eigenvalue weighted by atomic mass is 9.74. The summed E-state index contributed by atoms with van der Waals surface area (Å²) in [6.45, 7) is 2.30. The predicted octanol–water partition coefficient (Wildman–Crippen LogP) is 5.07. The van der Waals surface area contributed by atoms with Crippen molar-refractivity contribution in [2.45, 2.75) is 62.1 Å². The summed E-state index contributed by atoms with van der Waals surface area (Å²) in [5.41, 5.74) is 3.80. The Kier molecular flexibility index (Phi) is 7.73. The fraction of sp³-hybridized carbons (Fsp3) is 0.382. The van der Waals surface area contributed by atoms with Gasteiger partial charge in [-0.05, 0) is 59.9 Å². The van der Waals surface area contributed by atoms with Gasteiger partial charge in [-0.1, -0.05) is 78.9 Å². The molecule has 6 rings (SSSR count). The molecule has 8 nitrogen and oxygen atoms in total. The molecule has 0 unspecified atom stereocenters. The van der Waals surface area contributed by atoms with E-state index in [9.17, 15) is 19.5 Å². The highest BCUT2D eigenvalue weighted by Crippen LogP contribution is 2.44. The second kappa shape index (κ2) is 11.6. The van der Waals surface area contributed by atoms with Gasteiger partial charge in [0.1, 0.15) is 12.1 Å². The number of nitrogens with one attached hydrogen (secondary N) is 2. The highest BCUT2D eigenvalue weighted by molar-refractivity contribution is 5.92. The van der Waals surface area contributed by atoms with Crippen LogP contribution in [0.15, 0.2) is 78.9 Å². The molecule has 2 amide bonds. The largest absolute Gasteiger partial charge is 0.481 e. The van der Waals surface area contributed by atoms with Crippen LogP contribution >= 0.6 is 0 Å². The number of carbonyl (C=O) groups excluding carboxylic acids is 2. The quantitative estimate of drug-likeness (QED) is 0.333. The van der Waals surface area contributed by atoms with Gasteiger partial charge in [-0.3, -0.25) is 14.5 Å². The first-order chi connectivity index (χ1) is 20.4. The molecule has 0 spiro atoms. The maximum atomic E-state index is 13.7. The standard InChI is InChI=1S/C34H37N3O5/c38-30(39)21-33(17-19-37(20-18-33)22-24-9-2-1-3-10-24)35-31(40)34(15-8-16-34)36-32(41)42-23-29-27-13-6-4-11-25(27)26-12-5-7-14-28(26)29/h1-7,9-14,29H,8,15-23H2,(H,35,40)(H,36,41)(H,38,39). The molecule has 1 heterocycles. The molecule has 2 aliphatic carbocycles. The molecule has 3 aromatic carbocycles. The van der Waals surface area contributed by atoms with Crippen LogP contribution in [0.1, 0.15) is 61.1 Å². The van der Waals surface area contributed by atoms with Crippen LogP contribution in [0, 0.1) is 0 Å². The van der Waals surface area contributed by atoms with E-state index in [1.165, 1.54) is 5.56 Å². The Hall–Kier alpha value is -4.17. The molecule has 1 aliphatic heterocycles. The monoisotopic (exact) mass is 567 g/mol. The summed E-state index contributed by atoms with van der Waals surface area (Å²) in [6, 6.07) is 26.5. The number of likely N-dealkylation sites (tertiary alicyclic amines) is 1. The first-order valence-corrected chi connectivity index (χ1v) is 14.8. The lowest BCUT2D eigenvalue weighted by Gasteiger charge is -2.46. The van der Waals surface area contributed by atoms with Crippen LogP contribution in [-0.2, 0) is 20.9 Å². The molecule has 0 atom stereocenters. The van der Waals surface area contributed by atoms with E-state index in [1.54, 1.807) is 0 Å². The minimum atomic E-state index is -1.09. The fourth-order valence-electron chi connectivity index (χ4n) is 6.75. The number of alkyl carbamates (subject to hydrolysis) is 1. The normalized spacial score (nSPS) is 18.7. The molecule has 3 aliphatic rings. The van der Waals surface area contributed by atoms with Crippen LogP contribution in [0.3, 0.4) is 0 Å². The Morgan fingerprint density at radius 1 is 0.810 bits per heavy atom. The van der Waals surface area contributed by atoms with E-state index in [0.717, 1.165) is 35.2 Å². The number of fused-ring (bicyclic) bond motifs is 3. The van der Waals surface area contributed by atoms with Crippen LogP contribution in [0.4, 0.5) is 4.79 Å². The second-order valence-electron chi connectivity index (χ2n) is 12.0. The van der Waals surface area contributed by atoms with E-state index in [-0.39, 0.29) is 24.9 Å². The van der Waals surface area contributed by atoms with Crippen LogP contribution in [-0.4, -0.2) is 58.8 Å². The Morgan fingerprint density at radius 2 is 1.40 bits per heavy atom. The number of hydrogen-bond acceptors (Lipinski definition) is 5. The average Bonchev–Trinajstić information content (AvgIpc) is 3.29. The van der Waals surface area contributed by atoms with E-state index in [1.807, 2.05) is 42.5 Å². The Balaban J connectivity index is 1.09. The second-order valence-corrected chi connectivity index (χ2v) is 12.0. The zero-order chi connectivity index (χ0) is 29.2. The maximum Gasteiger partial charge on any atom is 0.408 e. The number of carboxylic acid groups (broad SMARTS) is 1. The summed E-state index contributed by atoms with van der Waals surface area (Å²) in [6.07, 6.45) is 2.06. The van der Waals surface area contributed by atoms with Crippen LogP contribution in [0.5, 0.6) is 0 Å². The van der Waals surface area contributed by atoms with Crippen molar-refractivity contribution < 1.29 is 24.2 Å². The number of amides is 2. The van der Waals surface area contributed by atoms with Gasteiger partial charge in [-0.25, -0.2) is 4.79 Å². The third-order valence-electron chi connectivity index (χ3n) is 9.26. The number of ether oxygens (including phenoxy) is 1. The summed E-state index contributed by atoms with van der Waals surface area (Å²) in [5, 5.41) is 15.7. The van der Waals surface area contributed by atoms with E-state index in [4.69, 9.17) is 4.74 Å². The van der Waals surface area contributed by atoms with Gasteiger partial charge in [0, 0.05) is 25.6 Å². The predicted molar refractivity (Wildman–Crippen MR) is 159 cm³/mol. The van der Waals surface area contributed by atoms with Crippen LogP contribution in [0.25, 0.3) is 11.1 Å². The molecule has 1 saturated carbocycles. The smallest absolute Gasteiger partial charge is 0.408 e. The summed E-state index contributed by atoms with van der Waals surface area (Å²) >= 11 is 0. The van der Waals surface area contributed by atoms with Gasteiger partial charge in [0.25, 0.3) is 0 Å². The van der Waals surface area contributed by atoms with Crippen molar-refractivity contribution in [3.05, 3.63) is 95.6 Å². The number of rotatable bonds is 9. The summed E-state index contributed by atoms with van der Waals surface area (Å²) in [4.78, 5) is 41.0. The zero-order valence-electron chi connectivity index (χ0n) is 23.7. The number of nitrogens with zero attached hydrogens (tertiary/aromatic N) is 1. The van der Waals surface area contributed by atoms with Gasteiger partial charge >= 0.3 is 12.1 Å². The minimum Gasteiger partial charge on any atom is -0.481 e. The molecule has 3 N–H and O–H groups in total. The molecule has 1 saturated heterocycles. The molecule has 0 radical (unpaired) electrons. The number of aliphatic carboxylic acids is 1. The van der Waals surface area contributed by atoms with E-state index < -0.39 is 23.1 Å². The van der Waals surface area contributed by atoms with Crippen LogP contribution < -0.4 is 10.6 Å². The molecule has 3 aromatic rings. The first kappa shape index (κ1) is 28.0.